The summed E-state index contributed by atoms with van der Waals surface area (Å²) < 4.78 is 5.64. The number of nitrogens with one attached hydrogen (secondary N) is 1. The Morgan fingerprint density at radius 2 is 2.13 bits per heavy atom. The van der Waals surface area contributed by atoms with E-state index in [4.69, 9.17) is 16.3 Å². The molecular formula is C16H14BrClN2O3. The van der Waals surface area contributed by atoms with Gasteiger partial charge in [0.2, 0.25) is 0 Å². The second-order valence-electron chi connectivity index (χ2n) is 4.73. The smallest absolute Gasteiger partial charge is 0.272 e. The van der Waals surface area contributed by atoms with Crippen molar-refractivity contribution in [2.24, 2.45) is 5.10 Å². The van der Waals surface area contributed by atoms with E-state index in [0.29, 0.717) is 26.4 Å². The second kappa shape index (κ2) is 7.48. The van der Waals surface area contributed by atoms with Gasteiger partial charge in [0.05, 0.1) is 23.9 Å². The van der Waals surface area contributed by atoms with Crippen LogP contribution in [-0.4, -0.2) is 24.3 Å². The van der Waals surface area contributed by atoms with Crippen LogP contribution < -0.4 is 10.2 Å². The minimum Gasteiger partial charge on any atom is -0.504 e. The van der Waals surface area contributed by atoms with Gasteiger partial charge in [0.25, 0.3) is 5.91 Å². The molecule has 0 saturated heterocycles. The summed E-state index contributed by atoms with van der Waals surface area (Å²) >= 11 is 9.34. The lowest BCUT2D eigenvalue weighted by molar-refractivity contribution is 0.0955. The van der Waals surface area contributed by atoms with Crippen molar-refractivity contribution >= 4 is 39.7 Å². The molecule has 7 heteroatoms. The Morgan fingerprint density at radius 3 is 2.78 bits per heavy atom. The van der Waals surface area contributed by atoms with Crippen molar-refractivity contribution in [3.05, 3.63) is 56.5 Å². The Morgan fingerprint density at radius 1 is 1.39 bits per heavy atom. The van der Waals surface area contributed by atoms with E-state index in [1.165, 1.54) is 19.4 Å². The first-order valence-electron chi connectivity index (χ1n) is 6.58. The average molecular weight is 398 g/mol. The number of hydrazone groups is 1. The van der Waals surface area contributed by atoms with Gasteiger partial charge in [0, 0.05) is 10.0 Å². The number of halogens is 2. The molecule has 0 heterocycles. The number of aryl methyl sites for hydroxylation is 1. The van der Waals surface area contributed by atoms with Crippen LogP contribution in [0.15, 0.2) is 39.9 Å². The number of phenols is 1. The van der Waals surface area contributed by atoms with Crippen LogP contribution in [0.4, 0.5) is 0 Å². The quantitative estimate of drug-likeness (QED) is 0.607. The lowest BCUT2D eigenvalue weighted by atomic mass is 10.1. The number of aromatic hydroxyl groups is 1. The zero-order valence-corrected chi connectivity index (χ0v) is 14.8. The Bertz CT molecular complexity index is 778. The summed E-state index contributed by atoms with van der Waals surface area (Å²) in [5.41, 5.74) is 4.36. The monoisotopic (exact) mass is 396 g/mol. The summed E-state index contributed by atoms with van der Waals surface area (Å²) in [6.45, 7) is 1.89. The first-order chi connectivity index (χ1) is 10.9. The third kappa shape index (κ3) is 4.24. The molecule has 0 unspecified atom stereocenters. The predicted molar refractivity (Wildman–Crippen MR) is 93.6 cm³/mol. The molecule has 0 aliphatic carbocycles. The second-order valence-corrected chi connectivity index (χ2v) is 5.99. The van der Waals surface area contributed by atoms with E-state index in [9.17, 15) is 9.90 Å². The minimum atomic E-state index is -0.409. The van der Waals surface area contributed by atoms with E-state index in [1.807, 2.05) is 6.92 Å². The first-order valence-corrected chi connectivity index (χ1v) is 7.75. The molecule has 0 aliphatic heterocycles. The SMILES string of the molecule is COc1cc(/C=N\NC(=O)c2ccc(C)cc2Cl)c(Br)cc1O. The van der Waals surface area contributed by atoms with Gasteiger partial charge in [-0.2, -0.15) is 5.10 Å². The molecule has 0 spiro atoms. The van der Waals surface area contributed by atoms with E-state index in [1.54, 1.807) is 24.3 Å². The zero-order chi connectivity index (χ0) is 17.0. The van der Waals surface area contributed by atoms with Crippen LogP contribution in [0.3, 0.4) is 0 Å². The molecule has 0 bridgehead atoms. The van der Waals surface area contributed by atoms with E-state index in [2.05, 4.69) is 26.5 Å². The molecule has 0 saturated carbocycles. The average Bonchev–Trinajstić information content (AvgIpc) is 2.49. The first kappa shape index (κ1) is 17.3. The van der Waals surface area contributed by atoms with Gasteiger partial charge in [0.15, 0.2) is 11.5 Å². The largest absolute Gasteiger partial charge is 0.504 e. The van der Waals surface area contributed by atoms with Crippen LogP contribution in [0, 0.1) is 6.92 Å². The van der Waals surface area contributed by atoms with Crippen molar-refractivity contribution in [2.45, 2.75) is 6.92 Å². The third-order valence-corrected chi connectivity index (χ3v) is 4.04. The highest BCUT2D eigenvalue weighted by molar-refractivity contribution is 9.10. The Hall–Kier alpha value is -2.05. The highest BCUT2D eigenvalue weighted by Crippen LogP contribution is 2.31. The minimum absolute atomic E-state index is 0.00648. The van der Waals surface area contributed by atoms with E-state index in [-0.39, 0.29) is 5.75 Å². The van der Waals surface area contributed by atoms with E-state index in [0.717, 1.165) is 5.56 Å². The Balaban J connectivity index is 2.14. The summed E-state index contributed by atoms with van der Waals surface area (Å²) in [6, 6.07) is 8.22. The number of amides is 1. The van der Waals surface area contributed by atoms with Crippen LogP contribution in [0.2, 0.25) is 5.02 Å². The van der Waals surface area contributed by atoms with Gasteiger partial charge >= 0.3 is 0 Å². The van der Waals surface area contributed by atoms with E-state index >= 15 is 0 Å². The van der Waals surface area contributed by atoms with Crippen molar-refractivity contribution in [3.63, 3.8) is 0 Å². The summed E-state index contributed by atoms with van der Waals surface area (Å²) in [6.07, 6.45) is 1.44. The molecule has 0 atom stereocenters. The number of nitrogens with zero attached hydrogens (tertiary/aromatic N) is 1. The maximum absolute atomic E-state index is 12.0. The maximum atomic E-state index is 12.0. The topological polar surface area (TPSA) is 70.9 Å². The number of carbonyl (C=O) groups excluding carboxylic acids is 1. The summed E-state index contributed by atoms with van der Waals surface area (Å²) in [5, 5.41) is 13.9. The molecule has 2 N–H and O–H groups in total. The highest BCUT2D eigenvalue weighted by Gasteiger charge is 2.10. The van der Waals surface area contributed by atoms with Crippen LogP contribution >= 0.6 is 27.5 Å². The number of carbonyl (C=O) groups is 1. The number of phenolic OH excluding ortho intramolecular Hbond substituents is 1. The van der Waals surface area contributed by atoms with Crippen LogP contribution in [0.25, 0.3) is 0 Å². The molecule has 2 aromatic carbocycles. The molecular weight excluding hydrogens is 384 g/mol. The zero-order valence-electron chi connectivity index (χ0n) is 12.4. The van der Waals surface area contributed by atoms with Gasteiger partial charge in [-0.1, -0.05) is 17.7 Å². The summed E-state index contributed by atoms with van der Waals surface area (Å²) in [7, 11) is 1.45. The van der Waals surface area contributed by atoms with Crippen LogP contribution in [0.1, 0.15) is 21.5 Å². The third-order valence-electron chi connectivity index (χ3n) is 3.04. The Kier molecular flexibility index (Phi) is 5.63. The number of methoxy groups -OCH3 is 1. The fraction of sp³-hybridized carbons (Fsp3) is 0.125. The standard InChI is InChI=1S/C16H14BrClN2O3/c1-9-3-4-11(13(18)5-9)16(22)20-19-8-10-6-15(23-2)14(21)7-12(10)17/h3-8,21H,1-2H3,(H,20,22)/b19-8-. The number of ether oxygens (including phenoxy) is 1. The molecule has 2 aromatic rings. The van der Waals surface area contributed by atoms with Gasteiger partial charge in [0.1, 0.15) is 0 Å². The van der Waals surface area contributed by atoms with Crippen molar-refractivity contribution in [2.75, 3.05) is 7.11 Å². The van der Waals surface area contributed by atoms with Crippen LogP contribution in [0.5, 0.6) is 11.5 Å². The van der Waals surface area contributed by atoms with Gasteiger partial charge in [-0.25, -0.2) is 5.43 Å². The molecule has 1 amide bonds. The predicted octanol–water partition coefficient (Wildman–Crippen LogP) is 3.89. The molecule has 2 rings (SSSR count). The van der Waals surface area contributed by atoms with Gasteiger partial charge in [-0.05, 0) is 52.7 Å². The lowest BCUT2D eigenvalue weighted by Gasteiger charge is -2.06. The van der Waals surface area contributed by atoms with Crippen LogP contribution in [-0.2, 0) is 0 Å². The number of benzene rings is 2. The fourth-order valence-electron chi connectivity index (χ4n) is 1.85. The highest BCUT2D eigenvalue weighted by atomic mass is 79.9. The number of hydrogen-bond donors (Lipinski definition) is 2. The van der Waals surface area contributed by atoms with E-state index < -0.39 is 5.91 Å². The van der Waals surface area contributed by atoms with Crippen molar-refractivity contribution < 1.29 is 14.6 Å². The molecule has 23 heavy (non-hydrogen) atoms. The number of hydrogen-bond acceptors (Lipinski definition) is 4. The van der Waals surface area contributed by atoms with Gasteiger partial charge in [-0.15, -0.1) is 0 Å². The molecule has 5 nitrogen and oxygen atoms in total. The lowest BCUT2D eigenvalue weighted by Crippen LogP contribution is -2.18. The van der Waals surface area contributed by atoms with Gasteiger partial charge < -0.3 is 9.84 Å². The molecule has 0 aromatic heterocycles. The summed E-state index contributed by atoms with van der Waals surface area (Å²) in [4.78, 5) is 12.0. The molecule has 0 fully saturated rings. The summed E-state index contributed by atoms with van der Waals surface area (Å²) in [5.74, 6) is -0.0948. The number of rotatable bonds is 4. The molecule has 120 valence electrons. The molecule has 0 aliphatic rings. The fourth-order valence-corrected chi connectivity index (χ4v) is 2.60. The van der Waals surface area contributed by atoms with Crippen molar-refractivity contribution in [1.82, 2.24) is 5.43 Å². The normalized spacial score (nSPS) is 10.8. The van der Waals surface area contributed by atoms with Crippen molar-refractivity contribution in [3.8, 4) is 11.5 Å². The maximum Gasteiger partial charge on any atom is 0.272 e. The van der Waals surface area contributed by atoms with Crippen molar-refractivity contribution in [1.29, 1.82) is 0 Å². The van der Waals surface area contributed by atoms with Gasteiger partial charge in [-0.3, -0.25) is 4.79 Å². The molecule has 0 radical (unpaired) electrons. The Labute approximate surface area is 147 Å².